The second-order valence-electron chi connectivity index (χ2n) is 8.47. The first-order valence-electron chi connectivity index (χ1n) is 11.8. The molecule has 11 heteroatoms. The molecule has 2 aromatic rings. The van der Waals surface area contributed by atoms with Gasteiger partial charge >= 0.3 is 12.1 Å². The van der Waals surface area contributed by atoms with E-state index in [-0.39, 0.29) is 26.2 Å². The maximum absolute atomic E-state index is 13.0. The standard InChI is InChI=1S/C26H31N3O8/c1-35-22(32)14-27-25(33)23-19(12-20(30)24(23)36-15-17-8-4-2-5-9-17)29-21(31)13-28-26(34)37-16-18-10-6-3-7-11-18/h2-11,19-20,23-24,30H,12-16H2,1H3,(H,27,33)(H,28,34)(H,29,31)/t19-,20-,23+,24+/m1/s1. The second-order valence-corrected chi connectivity index (χ2v) is 8.47. The summed E-state index contributed by atoms with van der Waals surface area (Å²) >= 11 is 0. The van der Waals surface area contributed by atoms with Crippen LogP contribution in [0.2, 0.25) is 0 Å². The van der Waals surface area contributed by atoms with Crippen molar-refractivity contribution in [3.8, 4) is 0 Å². The average molecular weight is 514 g/mol. The van der Waals surface area contributed by atoms with Gasteiger partial charge in [-0.2, -0.15) is 0 Å². The number of aliphatic hydroxyl groups excluding tert-OH is 1. The Bertz CT molecular complexity index is 1050. The normalized spacial score (nSPS) is 20.5. The van der Waals surface area contributed by atoms with Crippen molar-refractivity contribution in [1.29, 1.82) is 0 Å². The Balaban J connectivity index is 1.57. The van der Waals surface area contributed by atoms with Crippen LogP contribution in [0.1, 0.15) is 17.5 Å². The summed E-state index contributed by atoms with van der Waals surface area (Å²) in [4.78, 5) is 49.0. The fourth-order valence-corrected chi connectivity index (χ4v) is 4.00. The molecule has 0 unspecified atom stereocenters. The zero-order chi connectivity index (χ0) is 26.6. The zero-order valence-electron chi connectivity index (χ0n) is 20.4. The van der Waals surface area contributed by atoms with Gasteiger partial charge in [0.2, 0.25) is 11.8 Å². The molecule has 3 amide bonds. The van der Waals surface area contributed by atoms with E-state index in [4.69, 9.17) is 9.47 Å². The molecular formula is C26H31N3O8. The molecule has 4 N–H and O–H groups in total. The van der Waals surface area contributed by atoms with Gasteiger partial charge in [0, 0.05) is 6.04 Å². The van der Waals surface area contributed by atoms with E-state index in [1.165, 1.54) is 7.11 Å². The lowest BCUT2D eigenvalue weighted by molar-refractivity contribution is -0.143. The number of hydrogen-bond acceptors (Lipinski definition) is 8. The molecule has 3 rings (SSSR count). The Morgan fingerprint density at radius 3 is 2.14 bits per heavy atom. The van der Waals surface area contributed by atoms with Crippen LogP contribution in [-0.4, -0.2) is 67.4 Å². The number of alkyl carbamates (subject to hydrolysis) is 1. The molecule has 2 aromatic carbocycles. The molecule has 1 fully saturated rings. The molecule has 37 heavy (non-hydrogen) atoms. The summed E-state index contributed by atoms with van der Waals surface area (Å²) in [6.45, 7) is -0.583. The number of ether oxygens (including phenoxy) is 3. The zero-order valence-corrected chi connectivity index (χ0v) is 20.4. The third kappa shape index (κ3) is 8.58. The van der Waals surface area contributed by atoms with Gasteiger partial charge in [-0.25, -0.2) is 4.79 Å². The molecule has 4 atom stereocenters. The fraction of sp³-hybridized carbons (Fsp3) is 0.385. The molecular weight excluding hydrogens is 482 g/mol. The van der Waals surface area contributed by atoms with Gasteiger partial charge in [0.05, 0.1) is 31.8 Å². The lowest BCUT2D eigenvalue weighted by atomic mass is 10.00. The minimum atomic E-state index is -1.05. The fourth-order valence-electron chi connectivity index (χ4n) is 4.00. The van der Waals surface area contributed by atoms with Crippen LogP contribution in [-0.2, 0) is 41.8 Å². The molecule has 0 saturated heterocycles. The Morgan fingerprint density at radius 1 is 0.892 bits per heavy atom. The number of carbonyl (C=O) groups excluding carboxylic acids is 4. The van der Waals surface area contributed by atoms with Gasteiger partial charge in [-0.15, -0.1) is 0 Å². The molecule has 0 aliphatic heterocycles. The number of nitrogens with one attached hydrogen (secondary N) is 3. The average Bonchev–Trinajstić information content (AvgIpc) is 3.23. The molecule has 1 saturated carbocycles. The van der Waals surface area contributed by atoms with E-state index in [2.05, 4.69) is 20.7 Å². The van der Waals surface area contributed by atoms with Gasteiger partial charge in [0.1, 0.15) is 19.7 Å². The van der Waals surface area contributed by atoms with Gasteiger partial charge in [0.25, 0.3) is 0 Å². The summed E-state index contributed by atoms with van der Waals surface area (Å²) in [6, 6.07) is 17.5. The molecule has 0 aromatic heterocycles. The van der Waals surface area contributed by atoms with Crippen molar-refractivity contribution in [3.05, 3.63) is 71.8 Å². The first-order chi connectivity index (χ1) is 17.9. The number of aliphatic hydroxyl groups is 1. The predicted molar refractivity (Wildman–Crippen MR) is 131 cm³/mol. The van der Waals surface area contributed by atoms with Crippen molar-refractivity contribution < 1.29 is 38.5 Å². The van der Waals surface area contributed by atoms with Crippen molar-refractivity contribution in [2.24, 2.45) is 5.92 Å². The predicted octanol–water partition coefficient (Wildman–Crippen LogP) is 0.653. The van der Waals surface area contributed by atoms with Gasteiger partial charge in [0.15, 0.2) is 0 Å². The Kier molecular flexibility index (Phi) is 10.4. The molecule has 0 radical (unpaired) electrons. The maximum Gasteiger partial charge on any atom is 0.407 e. The molecule has 1 aliphatic carbocycles. The lowest BCUT2D eigenvalue weighted by Gasteiger charge is -2.25. The molecule has 0 heterocycles. The van der Waals surface area contributed by atoms with Crippen LogP contribution in [0, 0.1) is 5.92 Å². The highest BCUT2D eigenvalue weighted by atomic mass is 16.5. The Labute approximate surface area is 214 Å². The van der Waals surface area contributed by atoms with Crippen LogP contribution in [0.4, 0.5) is 4.79 Å². The SMILES string of the molecule is COC(=O)CNC(=O)[C@@H]1[C@@H](OCc2ccccc2)[C@H](O)C[C@H]1NC(=O)CNC(=O)OCc1ccccc1. The van der Waals surface area contributed by atoms with Crippen molar-refractivity contribution in [2.75, 3.05) is 20.2 Å². The summed E-state index contributed by atoms with van der Waals surface area (Å²) in [7, 11) is 1.19. The van der Waals surface area contributed by atoms with Gasteiger partial charge in [-0.05, 0) is 17.5 Å². The molecule has 11 nitrogen and oxygen atoms in total. The molecule has 0 spiro atoms. The molecule has 198 valence electrons. The van der Waals surface area contributed by atoms with E-state index in [0.717, 1.165) is 11.1 Å². The summed E-state index contributed by atoms with van der Waals surface area (Å²) in [5.41, 5.74) is 1.64. The lowest BCUT2D eigenvalue weighted by Crippen LogP contribution is -2.50. The third-order valence-electron chi connectivity index (χ3n) is 5.84. The summed E-state index contributed by atoms with van der Waals surface area (Å²) in [6.07, 6.45) is -2.72. The van der Waals surface area contributed by atoms with E-state index < -0.39 is 54.6 Å². The minimum Gasteiger partial charge on any atom is -0.468 e. The van der Waals surface area contributed by atoms with Crippen molar-refractivity contribution in [2.45, 2.75) is 37.9 Å². The second kappa shape index (κ2) is 14.0. The van der Waals surface area contributed by atoms with Crippen molar-refractivity contribution in [1.82, 2.24) is 16.0 Å². The third-order valence-corrected chi connectivity index (χ3v) is 5.84. The van der Waals surface area contributed by atoms with Crippen molar-refractivity contribution >= 4 is 23.9 Å². The van der Waals surface area contributed by atoms with Crippen LogP contribution in [0.15, 0.2) is 60.7 Å². The highest BCUT2D eigenvalue weighted by Gasteiger charge is 2.48. The van der Waals surface area contributed by atoms with E-state index in [0.29, 0.717) is 0 Å². The first-order valence-corrected chi connectivity index (χ1v) is 11.8. The number of amides is 3. The smallest absolute Gasteiger partial charge is 0.407 e. The van der Waals surface area contributed by atoms with Crippen LogP contribution >= 0.6 is 0 Å². The number of carbonyl (C=O) groups is 4. The largest absolute Gasteiger partial charge is 0.468 e. The first kappa shape index (κ1) is 27.6. The van der Waals surface area contributed by atoms with Crippen LogP contribution in [0.3, 0.4) is 0 Å². The number of rotatable bonds is 11. The Morgan fingerprint density at radius 2 is 1.51 bits per heavy atom. The molecule has 1 aliphatic rings. The van der Waals surface area contributed by atoms with Gasteiger partial charge in [-0.3, -0.25) is 14.4 Å². The maximum atomic E-state index is 13.0. The van der Waals surface area contributed by atoms with Crippen LogP contribution in [0.25, 0.3) is 0 Å². The number of methoxy groups -OCH3 is 1. The molecule has 0 bridgehead atoms. The van der Waals surface area contributed by atoms with Gasteiger partial charge in [-0.1, -0.05) is 60.7 Å². The van der Waals surface area contributed by atoms with Gasteiger partial charge < -0.3 is 35.3 Å². The topological polar surface area (TPSA) is 152 Å². The highest BCUT2D eigenvalue weighted by Crippen LogP contribution is 2.30. The number of hydrogen-bond donors (Lipinski definition) is 4. The summed E-state index contributed by atoms with van der Waals surface area (Å²) in [5, 5.41) is 18.1. The monoisotopic (exact) mass is 513 g/mol. The quantitative estimate of drug-likeness (QED) is 0.320. The summed E-state index contributed by atoms with van der Waals surface area (Å²) < 4.78 is 15.5. The van der Waals surface area contributed by atoms with Crippen LogP contribution in [0.5, 0.6) is 0 Å². The number of benzene rings is 2. The van der Waals surface area contributed by atoms with Crippen LogP contribution < -0.4 is 16.0 Å². The van der Waals surface area contributed by atoms with E-state index in [9.17, 15) is 24.3 Å². The highest BCUT2D eigenvalue weighted by molar-refractivity contribution is 5.87. The summed E-state index contributed by atoms with van der Waals surface area (Å²) in [5.74, 6) is -2.80. The Hall–Kier alpha value is -3.96. The minimum absolute atomic E-state index is 0.0416. The number of esters is 1. The van der Waals surface area contributed by atoms with Crippen molar-refractivity contribution in [3.63, 3.8) is 0 Å². The van der Waals surface area contributed by atoms with E-state index in [1.807, 2.05) is 48.5 Å². The van der Waals surface area contributed by atoms with E-state index in [1.54, 1.807) is 12.1 Å². The van der Waals surface area contributed by atoms with E-state index >= 15 is 0 Å².